The predicted molar refractivity (Wildman–Crippen MR) is 80.9 cm³/mol. The quantitative estimate of drug-likeness (QED) is 0.727. The summed E-state index contributed by atoms with van der Waals surface area (Å²) in [7, 11) is 3.50. The van der Waals surface area contributed by atoms with E-state index in [9.17, 15) is 9.59 Å². The van der Waals surface area contributed by atoms with Crippen molar-refractivity contribution in [3.05, 3.63) is 0 Å². The molecule has 0 aromatic rings. The Morgan fingerprint density at radius 3 is 2.05 bits per heavy atom. The van der Waals surface area contributed by atoms with Gasteiger partial charge in [-0.2, -0.15) is 0 Å². The highest BCUT2D eigenvalue weighted by Gasteiger charge is 2.26. The number of hydrogen-bond donors (Lipinski definition) is 1. The molecular formula is C14H27N5O2. The molecule has 0 spiro atoms. The number of carbonyl (C=O) groups is 2. The van der Waals surface area contributed by atoms with Crippen LogP contribution in [0.3, 0.4) is 0 Å². The van der Waals surface area contributed by atoms with Crippen LogP contribution in [0.5, 0.6) is 0 Å². The van der Waals surface area contributed by atoms with E-state index in [4.69, 9.17) is 5.73 Å². The number of nitrogens with zero attached hydrogens (tertiary/aromatic N) is 4. The maximum absolute atomic E-state index is 12.3. The summed E-state index contributed by atoms with van der Waals surface area (Å²) in [6.07, 6.45) is 1.94. The lowest BCUT2D eigenvalue weighted by molar-refractivity contribution is -0.134. The highest BCUT2D eigenvalue weighted by Crippen LogP contribution is 2.10. The average Bonchev–Trinajstić information content (AvgIpc) is 2.49. The Morgan fingerprint density at radius 2 is 1.52 bits per heavy atom. The zero-order valence-electron chi connectivity index (χ0n) is 13.1. The lowest BCUT2D eigenvalue weighted by Gasteiger charge is -2.37. The average molecular weight is 297 g/mol. The standard InChI is InChI=1S/C14H27N5O2/c1-16(2)14(21)19-9-7-18(8-10-19)13(20)11-17-5-3-12(15)4-6-17/h12H,3-11,15H2,1-2H3. The fraction of sp³-hybridized carbons (Fsp3) is 0.857. The molecule has 0 radical (unpaired) electrons. The molecule has 2 aliphatic rings. The minimum Gasteiger partial charge on any atom is -0.338 e. The second-order valence-corrected chi connectivity index (χ2v) is 6.16. The van der Waals surface area contributed by atoms with Gasteiger partial charge in [0, 0.05) is 59.4 Å². The van der Waals surface area contributed by atoms with Crippen LogP contribution in [0, 0.1) is 0 Å². The SMILES string of the molecule is CN(C)C(=O)N1CCN(C(=O)CN2CCC(N)CC2)CC1. The molecule has 0 aromatic carbocycles. The van der Waals surface area contributed by atoms with Crippen molar-refractivity contribution in [3.63, 3.8) is 0 Å². The van der Waals surface area contributed by atoms with E-state index in [0.29, 0.717) is 32.7 Å². The zero-order valence-corrected chi connectivity index (χ0v) is 13.1. The minimum absolute atomic E-state index is 0.0205. The Balaban J connectivity index is 1.74. The first-order chi connectivity index (χ1) is 9.97. The third kappa shape index (κ3) is 4.31. The van der Waals surface area contributed by atoms with Crippen molar-refractivity contribution < 1.29 is 9.59 Å². The molecule has 0 saturated carbocycles. The maximum atomic E-state index is 12.3. The second kappa shape index (κ2) is 7.09. The molecule has 0 aromatic heterocycles. The monoisotopic (exact) mass is 297 g/mol. The molecule has 2 fully saturated rings. The predicted octanol–water partition coefficient (Wildman–Crippen LogP) is -0.765. The summed E-state index contributed by atoms with van der Waals surface area (Å²) in [6, 6.07) is 0.309. The fourth-order valence-corrected chi connectivity index (χ4v) is 2.83. The van der Waals surface area contributed by atoms with Gasteiger partial charge < -0.3 is 20.4 Å². The molecule has 0 atom stereocenters. The first-order valence-electron chi connectivity index (χ1n) is 7.69. The van der Waals surface area contributed by atoms with Gasteiger partial charge in [-0.1, -0.05) is 0 Å². The van der Waals surface area contributed by atoms with E-state index in [1.165, 1.54) is 0 Å². The van der Waals surface area contributed by atoms with Gasteiger partial charge in [0.15, 0.2) is 0 Å². The van der Waals surface area contributed by atoms with Crippen LogP contribution in [0.25, 0.3) is 0 Å². The molecule has 0 bridgehead atoms. The van der Waals surface area contributed by atoms with Crippen molar-refractivity contribution in [2.24, 2.45) is 5.73 Å². The fourth-order valence-electron chi connectivity index (χ4n) is 2.83. The van der Waals surface area contributed by atoms with E-state index in [-0.39, 0.29) is 18.0 Å². The Bertz CT molecular complexity index is 372. The molecule has 3 amide bonds. The van der Waals surface area contributed by atoms with E-state index < -0.39 is 0 Å². The number of piperazine rings is 1. The number of rotatable bonds is 2. The number of amides is 3. The summed E-state index contributed by atoms with van der Waals surface area (Å²) in [4.78, 5) is 31.6. The number of nitrogens with two attached hydrogens (primary N) is 1. The Kier molecular flexibility index (Phi) is 5.41. The molecule has 7 nitrogen and oxygen atoms in total. The first kappa shape index (κ1) is 16.0. The van der Waals surface area contributed by atoms with E-state index in [2.05, 4.69) is 4.90 Å². The van der Waals surface area contributed by atoms with Crippen molar-refractivity contribution in [2.45, 2.75) is 18.9 Å². The normalized spacial score (nSPS) is 21.5. The van der Waals surface area contributed by atoms with E-state index >= 15 is 0 Å². The van der Waals surface area contributed by atoms with Crippen molar-refractivity contribution >= 4 is 11.9 Å². The van der Waals surface area contributed by atoms with Crippen LogP contribution < -0.4 is 5.73 Å². The lowest BCUT2D eigenvalue weighted by Crippen LogP contribution is -2.55. The van der Waals surface area contributed by atoms with Crippen LogP contribution >= 0.6 is 0 Å². The maximum Gasteiger partial charge on any atom is 0.319 e. The van der Waals surface area contributed by atoms with Crippen LogP contribution in [-0.2, 0) is 4.79 Å². The number of likely N-dealkylation sites (tertiary alicyclic amines) is 1. The van der Waals surface area contributed by atoms with Gasteiger partial charge in [-0.25, -0.2) is 4.79 Å². The highest BCUT2D eigenvalue weighted by atomic mass is 16.2. The first-order valence-corrected chi connectivity index (χ1v) is 7.69. The number of carbonyl (C=O) groups excluding carboxylic acids is 2. The number of hydrogen-bond acceptors (Lipinski definition) is 4. The van der Waals surface area contributed by atoms with Gasteiger partial charge in [0.25, 0.3) is 0 Å². The van der Waals surface area contributed by atoms with Crippen LogP contribution in [0.4, 0.5) is 4.79 Å². The Hall–Kier alpha value is -1.34. The van der Waals surface area contributed by atoms with Gasteiger partial charge >= 0.3 is 6.03 Å². The molecule has 120 valence electrons. The molecule has 2 heterocycles. The zero-order chi connectivity index (χ0) is 15.4. The molecule has 21 heavy (non-hydrogen) atoms. The third-order valence-electron chi connectivity index (χ3n) is 4.28. The summed E-state index contributed by atoms with van der Waals surface area (Å²) < 4.78 is 0. The Labute approximate surface area is 126 Å². The summed E-state index contributed by atoms with van der Waals surface area (Å²) in [5.41, 5.74) is 5.88. The van der Waals surface area contributed by atoms with Crippen LogP contribution in [-0.4, -0.2) is 97.5 Å². The number of piperidine rings is 1. The van der Waals surface area contributed by atoms with Crippen molar-refractivity contribution in [1.29, 1.82) is 0 Å². The summed E-state index contributed by atoms with van der Waals surface area (Å²) in [5.74, 6) is 0.169. The largest absolute Gasteiger partial charge is 0.338 e. The van der Waals surface area contributed by atoms with Gasteiger partial charge in [0.2, 0.25) is 5.91 Å². The molecule has 7 heteroatoms. The summed E-state index contributed by atoms with van der Waals surface area (Å²) in [6.45, 7) is 4.80. The van der Waals surface area contributed by atoms with Crippen LogP contribution in [0.1, 0.15) is 12.8 Å². The smallest absolute Gasteiger partial charge is 0.319 e. The van der Waals surface area contributed by atoms with E-state index in [1.54, 1.807) is 23.9 Å². The number of urea groups is 1. The van der Waals surface area contributed by atoms with Crippen LogP contribution in [0.15, 0.2) is 0 Å². The van der Waals surface area contributed by atoms with Gasteiger partial charge in [-0.05, 0) is 12.8 Å². The van der Waals surface area contributed by atoms with Crippen LogP contribution in [0.2, 0.25) is 0 Å². The highest BCUT2D eigenvalue weighted by molar-refractivity contribution is 5.79. The Morgan fingerprint density at radius 1 is 1.00 bits per heavy atom. The van der Waals surface area contributed by atoms with Gasteiger partial charge in [0.05, 0.1) is 6.54 Å². The van der Waals surface area contributed by atoms with Crippen molar-refractivity contribution in [3.8, 4) is 0 Å². The topological polar surface area (TPSA) is 73.1 Å². The van der Waals surface area contributed by atoms with Crippen molar-refractivity contribution in [2.75, 3.05) is 59.9 Å². The van der Waals surface area contributed by atoms with E-state index in [1.807, 2.05) is 4.90 Å². The molecular weight excluding hydrogens is 270 g/mol. The molecule has 2 N–H and O–H groups in total. The molecule has 2 aliphatic heterocycles. The molecule has 2 rings (SSSR count). The summed E-state index contributed by atoms with van der Waals surface area (Å²) >= 11 is 0. The van der Waals surface area contributed by atoms with E-state index in [0.717, 1.165) is 25.9 Å². The van der Waals surface area contributed by atoms with Gasteiger partial charge in [-0.15, -0.1) is 0 Å². The second-order valence-electron chi connectivity index (χ2n) is 6.16. The summed E-state index contributed by atoms with van der Waals surface area (Å²) in [5, 5.41) is 0. The van der Waals surface area contributed by atoms with Gasteiger partial charge in [-0.3, -0.25) is 9.69 Å². The molecule has 2 saturated heterocycles. The molecule has 0 unspecified atom stereocenters. The van der Waals surface area contributed by atoms with Crippen molar-refractivity contribution in [1.82, 2.24) is 19.6 Å². The molecule has 0 aliphatic carbocycles. The lowest BCUT2D eigenvalue weighted by atomic mass is 10.1. The van der Waals surface area contributed by atoms with Gasteiger partial charge in [0.1, 0.15) is 0 Å². The minimum atomic E-state index is 0.0205. The third-order valence-corrected chi connectivity index (χ3v) is 4.28.